The van der Waals surface area contributed by atoms with E-state index in [0.717, 1.165) is 10.1 Å². The number of benzene rings is 1. The first-order valence-corrected chi connectivity index (χ1v) is 9.05. The average Bonchev–Trinajstić information content (AvgIpc) is 2.95. The zero-order valence-electron chi connectivity index (χ0n) is 12.1. The molecule has 0 aliphatic carbocycles. The van der Waals surface area contributed by atoms with Gasteiger partial charge in [0, 0.05) is 10.8 Å². The molecule has 0 fully saturated rings. The number of aromatic nitrogens is 2. The number of rotatable bonds is 7. The van der Waals surface area contributed by atoms with Crippen molar-refractivity contribution in [3.63, 3.8) is 0 Å². The predicted molar refractivity (Wildman–Crippen MR) is 96.0 cm³/mol. The van der Waals surface area contributed by atoms with E-state index in [4.69, 9.17) is 27.9 Å². The third-order valence-corrected chi connectivity index (χ3v) is 5.03. The standard InChI is InChI=1S/C14H13Cl2N3O2S2/c1-3-6-22-14-19-18-13(23-14)17-12(20)8(2)21-11-5-4-9(15)7-10(11)16/h3-5,7-8H,1,6H2,2H3,(H,17,18,20)/t8-/m0/s1. The van der Waals surface area contributed by atoms with Crippen molar-refractivity contribution >= 4 is 57.3 Å². The van der Waals surface area contributed by atoms with E-state index in [9.17, 15) is 4.79 Å². The van der Waals surface area contributed by atoms with Gasteiger partial charge in [-0.2, -0.15) is 0 Å². The predicted octanol–water partition coefficient (Wildman–Crippen LogP) is 4.53. The zero-order chi connectivity index (χ0) is 16.8. The molecule has 0 unspecified atom stereocenters. The molecular formula is C14H13Cl2N3O2S2. The molecule has 1 aromatic carbocycles. The Morgan fingerprint density at radius 3 is 3.00 bits per heavy atom. The first kappa shape index (κ1) is 18.1. The molecule has 1 N–H and O–H groups in total. The molecule has 0 saturated carbocycles. The normalized spacial score (nSPS) is 11.8. The lowest BCUT2D eigenvalue weighted by Gasteiger charge is -2.14. The van der Waals surface area contributed by atoms with Crippen LogP contribution in [0.5, 0.6) is 5.75 Å². The smallest absolute Gasteiger partial charge is 0.266 e. The summed E-state index contributed by atoms with van der Waals surface area (Å²) < 4.78 is 6.30. The van der Waals surface area contributed by atoms with E-state index >= 15 is 0 Å². The highest BCUT2D eigenvalue weighted by molar-refractivity contribution is 8.01. The Labute approximate surface area is 152 Å². The summed E-state index contributed by atoms with van der Waals surface area (Å²) in [4.78, 5) is 12.1. The van der Waals surface area contributed by atoms with Crippen LogP contribution in [-0.2, 0) is 4.79 Å². The van der Waals surface area contributed by atoms with Gasteiger partial charge in [-0.3, -0.25) is 10.1 Å². The van der Waals surface area contributed by atoms with Crippen LogP contribution in [-0.4, -0.2) is 28.0 Å². The Bertz CT molecular complexity index is 709. The summed E-state index contributed by atoms with van der Waals surface area (Å²) in [7, 11) is 0. The molecule has 122 valence electrons. The van der Waals surface area contributed by atoms with Crippen molar-refractivity contribution in [2.75, 3.05) is 11.1 Å². The van der Waals surface area contributed by atoms with Gasteiger partial charge < -0.3 is 4.74 Å². The Morgan fingerprint density at radius 1 is 1.52 bits per heavy atom. The van der Waals surface area contributed by atoms with Crippen molar-refractivity contribution in [3.8, 4) is 5.75 Å². The van der Waals surface area contributed by atoms with Crippen LogP contribution in [0.1, 0.15) is 6.92 Å². The van der Waals surface area contributed by atoms with Crippen LogP contribution in [0.4, 0.5) is 5.13 Å². The van der Waals surface area contributed by atoms with Gasteiger partial charge in [-0.1, -0.05) is 52.4 Å². The molecule has 5 nitrogen and oxygen atoms in total. The van der Waals surface area contributed by atoms with Crippen LogP contribution in [0.2, 0.25) is 10.0 Å². The van der Waals surface area contributed by atoms with Crippen LogP contribution in [0.25, 0.3) is 0 Å². The van der Waals surface area contributed by atoms with Gasteiger partial charge in [0.05, 0.1) is 5.02 Å². The second kappa shape index (κ2) is 8.54. The molecule has 0 radical (unpaired) electrons. The number of halogens is 2. The summed E-state index contributed by atoms with van der Waals surface area (Å²) >= 11 is 14.6. The third kappa shape index (κ3) is 5.39. The van der Waals surface area contributed by atoms with Gasteiger partial charge in [0.1, 0.15) is 5.75 Å². The second-order valence-corrected chi connectivity index (χ2v) is 7.39. The van der Waals surface area contributed by atoms with Gasteiger partial charge in [0.15, 0.2) is 10.4 Å². The highest BCUT2D eigenvalue weighted by Crippen LogP contribution is 2.29. The Morgan fingerprint density at radius 2 is 2.30 bits per heavy atom. The number of carbonyl (C=O) groups is 1. The number of carbonyl (C=O) groups excluding carboxylic acids is 1. The quantitative estimate of drug-likeness (QED) is 0.428. The molecule has 0 bridgehead atoms. The van der Waals surface area contributed by atoms with E-state index in [1.807, 2.05) is 0 Å². The second-order valence-electron chi connectivity index (χ2n) is 4.30. The van der Waals surface area contributed by atoms with E-state index in [1.165, 1.54) is 23.1 Å². The van der Waals surface area contributed by atoms with E-state index in [2.05, 4.69) is 22.1 Å². The Balaban J connectivity index is 1.94. The van der Waals surface area contributed by atoms with Gasteiger partial charge in [0.25, 0.3) is 5.91 Å². The molecule has 0 aliphatic heterocycles. The van der Waals surface area contributed by atoms with Crippen LogP contribution in [0.15, 0.2) is 35.2 Å². The molecular weight excluding hydrogens is 377 g/mol. The van der Waals surface area contributed by atoms with E-state index < -0.39 is 6.10 Å². The maximum absolute atomic E-state index is 12.1. The summed E-state index contributed by atoms with van der Waals surface area (Å²) in [6.07, 6.45) is 1.03. The summed E-state index contributed by atoms with van der Waals surface area (Å²) in [6, 6.07) is 4.81. The number of nitrogens with zero attached hydrogens (tertiary/aromatic N) is 2. The zero-order valence-corrected chi connectivity index (χ0v) is 15.2. The molecule has 2 aromatic rings. The fraction of sp³-hybridized carbons (Fsp3) is 0.214. The lowest BCUT2D eigenvalue weighted by atomic mass is 10.3. The van der Waals surface area contributed by atoms with Crippen molar-refractivity contribution in [3.05, 3.63) is 40.9 Å². The number of ether oxygens (including phenoxy) is 1. The van der Waals surface area contributed by atoms with Crippen molar-refractivity contribution in [2.24, 2.45) is 0 Å². The molecule has 0 aliphatic rings. The molecule has 0 saturated heterocycles. The van der Waals surface area contributed by atoms with Crippen molar-refractivity contribution < 1.29 is 9.53 Å². The molecule has 0 spiro atoms. The number of anilines is 1. The maximum Gasteiger partial charge on any atom is 0.266 e. The van der Waals surface area contributed by atoms with Crippen molar-refractivity contribution in [1.29, 1.82) is 0 Å². The highest BCUT2D eigenvalue weighted by atomic mass is 35.5. The number of hydrogen-bond donors (Lipinski definition) is 1. The summed E-state index contributed by atoms with van der Waals surface area (Å²) in [5.41, 5.74) is 0. The summed E-state index contributed by atoms with van der Waals surface area (Å²) in [6.45, 7) is 5.26. The average molecular weight is 390 g/mol. The third-order valence-electron chi connectivity index (χ3n) is 2.53. The van der Waals surface area contributed by atoms with Gasteiger partial charge in [-0.05, 0) is 25.1 Å². The van der Waals surface area contributed by atoms with Gasteiger partial charge in [-0.25, -0.2) is 0 Å². The molecule has 1 atom stereocenters. The van der Waals surface area contributed by atoms with Crippen molar-refractivity contribution in [1.82, 2.24) is 10.2 Å². The molecule has 9 heteroatoms. The van der Waals surface area contributed by atoms with Gasteiger partial charge in [-0.15, -0.1) is 16.8 Å². The molecule has 23 heavy (non-hydrogen) atoms. The molecule has 1 amide bonds. The minimum absolute atomic E-state index is 0.340. The molecule has 1 aromatic heterocycles. The van der Waals surface area contributed by atoms with Crippen LogP contribution < -0.4 is 10.1 Å². The van der Waals surface area contributed by atoms with E-state index in [-0.39, 0.29) is 5.91 Å². The van der Waals surface area contributed by atoms with Gasteiger partial charge in [0.2, 0.25) is 5.13 Å². The highest BCUT2D eigenvalue weighted by Gasteiger charge is 2.18. The van der Waals surface area contributed by atoms with Crippen LogP contribution in [0.3, 0.4) is 0 Å². The fourth-order valence-corrected chi connectivity index (χ4v) is 3.44. The van der Waals surface area contributed by atoms with Gasteiger partial charge >= 0.3 is 0 Å². The summed E-state index contributed by atoms with van der Waals surface area (Å²) in [5, 5.41) is 11.8. The SMILES string of the molecule is C=CCSc1nnc(NC(=O)[C@H](C)Oc2ccc(Cl)cc2Cl)s1. The van der Waals surface area contributed by atoms with E-state index in [0.29, 0.717) is 20.9 Å². The first-order valence-electron chi connectivity index (χ1n) is 6.49. The minimum atomic E-state index is -0.748. The first-order chi connectivity index (χ1) is 11.0. The number of amides is 1. The maximum atomic E-state index is 12.1. The lowest BCUT2D eigenvalue weighted by Crippen LogP contribution is -2.30. The Kier molecular flexibility index (Phi) is 6.71. The molecule has 1 heterocycles. The number of hydrogen-bond acceptors (Lipinski definition) is 6. The Hall–Kier alpha value is -1.28. The molecule has 2 rings (SSSR count). The van der Waals surface area contributed by atoms with Crippen molar-refractivity contribution in [2.45, 2.75) is 17.4 Å². The lowest BCUT2D eigenvalue weighted by molar-refractivity contribution is -0.122. The fourth-order valence-electron chi connectivity index (χ4n) is 1.47. The minimum Gasteiger partial charge on any atom is -0.479 e. The summed E-state index contributed by atoms with van der Waals surface area (Å²) in [5.74, 6) is 0.780. The van der Waals surface area contributed by atoms with Crippen LogP contribution in [0, 0.1) is 0 Å². The van der Waals surface area contributed by atoms with E-state index in [1.54, 1.807) is 31.2 Å². The largest absolute Gasteiger partial charge is 0.479 e. The van der Waals surface area contributed by atoms with Crippen LogP contribution >= 0.6 is 46.3 Å². The monoisotopic (exact) mass is 389 g/mol. The number of thioether (sulfide) groups is 1. The number of nitrogens with one attached hydrogen (secondary N) is 1. The topological polar surface area (TPSA) is 64.1 Å².